The SMILES string of the molecule is CCNC(=NCc1cccc(OCCN(C)CCOC)c1)NCc1cc(F)ccc1F.I. The van der Waals surface area contributed by atoms with Crippen LogP contribution in [0.2, 0.25) is 0 Å². The second kappa shape index (κ2) is 15.8. The summed E-state index contributed by atoms with van der Waals surface area (Å²) in [6.45, 7) is 6.08. The second-order valence-electron chi connectivity index (χ2n) is 7.08. The largest absolute Gasteiger partial charge is 0.492 e. The summed E-state index contributed by atoms with van der Waals surface area (Å²) in [5.41, 5.74) is 1.23. The summed E-state index contributed by atoms with van der Waals surface area (Å²) in [7, 11) is 3.72. The Bertz CT molecular complexity index is 839. The van der Waals surface area contributed by atoms with Gasteiger partial charge in [-0.1, -0.05) is 12.1 Å². The van der Waals surface area contributed by atoms with E-state index in [0.29, 0.717) is 32.3 Å². The van der Waals surface area contributed by atoms with E-state index < -0.39 is 11.6 Å². The van der Waals surface area contributed by atoms with Gasteiger partial charge in [-0.15, -0.1) is 24.0 Å². The van der Waals surface area contributed by atoms with Crippen LogP contribution in [0.25, 0.3) is 0 Å². The van der Waals surface area contributed by atoms with E-state index in [1.54, 1.807) is 7.11 Å². The molecule has 32 heavy (non-hydrogen) atoms. The molecule has 2 N–H and O–H groups in total. The summed E-state index contributed by atoms with van der Waals surface area (Å²) in [6, 6.07) is 11.2. The van der Waals surface area contributed by atoms with E-state index in [1.807, 2.05) is 38.2 Å². The highest BCUT2D eigenvalue weighted by atomic mass is 127. The zero-order valence-electron chi connectivity index (χ0n) is 18.9. The van der Waals surface area contributed by atoms with Gasteiger partial charge >= 0.3 is 0 Å². The van der Waals surface area contributed by atoms with Crippen LogP contribution < -0.4 is 15.4 Å². The first kappa shape index (κ1) is 28.1. The van der Waals surface area contributed by atoms with Crippen LogP contribution in [0.1, 0.15) is 18.1 Å². The van der Waals surface area contributed by atoms with Crippen molar-refractivity contribution in [3.05, 3.63) is 65.2 Å². The summed E-state index contributed by atoms with van der Waals surface area (Å²) < 4.78 is 38.1. The highest BCUT2D eigenvalue weighted by Gasteiger charge is 2.06. The molecule has 0 aromatic heterocycles. The lowest BCUT2D eigenvalue weighted by Gasteiger charge is -2.16. The van der Waals surface area contributed by atoms with Crippen LogP contribution in [0.4, 0.5) is 8.78 Å². The van der Waals surface area contributed by atoms with Gasteiger partial charge in [-0.2, -0.15) is 0 Å². The van der Waals surface area contributed by atoms with Gasteiger partial charge in [0.1, 0.15) is 24.0 Å². The standard InChI is InChI=1S/C23H32F2N4O2.HI/c1-4-26-23(28-17-19-15-20(24)8-9-22(19)25)27-16-18-6-5-7-21(14-18)31-13-11-29(2)10-12-30-3;/h5-9,14-15H,4,10-13,16-17H2,1-3H3,(H2,26,27,28);1H. The van der Waals surface area contributed by atoms with Crippen LogP contribution in [-0.2, 0) is 17.8 Å². The number of nitrogens with zero attached hydrogens (tertiary/aromatic N) is 2. The van der Waals surface area contributed by atoms with Gasteiger partial charge in [0.15, 0.2) is 5.96 Å². The summed E-state index contributed by atoms with van der Waals surface area (Å²) in [6.07, 6.45) is 0. The molecule has 0 saturated heterocycles. The first-order chi connectivity index (χ1) is 15.0. The summed E-state index contributed by atoms with van der Waals surface area (Å²) in [5.74, 6) is 0.384. The third-order valence-corrected chi connectivity index (χ3v) is 4.54. The number of likely N-dealkylation sites (N-methyl/N-ethyl adjacent to an activating group) is 1. The van der Waals surface area contributed by atoms with Crippen molar-refractivity contribution < 1.29 is 18.3 Å². The fraction of sp³-hybridized carbons (Fsp3) is 0.435. The van der Waals surface area contributed by atoms with Crippen molar-refractivity contribution in [3.8, 4) is 5.75 Å². The molecule has 2 rings (SSSR count). The normalized spacial score (nSPS) is 11.2. The maximum absolute atomic E-state index is 13.8. The van der Waals surface area contributed by atoms with Gasteiger partial charge in [0.05, 0.1) is 13.2 Å². The quantitative estimate of drug-likeness (QED) is 0.234. The molecule has 0 fully saturated rings. The van der Waals surface area contributed by atoms with E-state index in [0.717, 1.165) is 36.5 Å². The molecule has 178 valence electrons. The number of hydrogen-bond acceptors (Lipinski definition) is 4. The number of guanidine groups is 1. The van der Waals surface area contributed by atoms with Gasteiger partial charge in [0.2, 0.25) is 0 Å². The van der Waals surface area contributed by atoms with E-state index >= 15 is 0 Å². The number of hydrogen-bond donors (Lipinski definition) is 2. The molecular formula is C23H33F2IN4O2. The Hall–Kier alpha value is -1.98. The van der Waals surface area contributed by atoms with Gasteiger partial charge in [0.25, 0.3) is 0 Å². The Morgan fingerprint density at radius 3 is 2.59 bits per heavy atom. The zero-order valence-corrected chi connectivity index (χ0v) is 21.2. The zero-order chi connectivity index (χ0) is 22.5. The van der Waals surface area contributed by atoms with Crippen LogP contribution in [0.5, 0.6) is 5.75 Å². The minimum atomic E-state index is -0.471. The molecule has 0 unspecified atom stereocenters. The smallest absolute Gasteiger partial charge is 0.191 e. The first-order valence-corrected chi connectivity index (χ1v) is 10.4. The predicted octanol–water partition coefficient (Wildman–Crippen LogP) is 3.80. The number of methoxy groups -OCH3 is 1. The maximum atomic E-state index is 13.8. The number of aliphatic imine (C=N–C) groups is 1. The van der Waals surface area contributed by atoms with E-state index in [4.69, 9.17) is 9.47 Å². The molecule has 2 aromatic rings. The number of rotatable bonds is 12. The van der Waals surface area contributed by atoms with Gasteiger partial charge in [-0.25, -0.2) is 13.8 Å². The van der Waals surface area contributed by atoms with E-state index in [2.05, 4.69) is 20.5 Å². The fourth-order valence-electron chi connectivity index (χ4n) is 2.78. The van der Waals surface area contributed by atoms with Crippen molar-refractivity contribution in [2.45, 2.75) is 20.0 Å². The van der Waals surface area contributed by atoms with Crippen LogP contribution in [-0.4, -0.2) is 57.9 Å². The molecule has 0 heterocycles. The average molecular weight is 562 g/mol. The van der Waals surface area contributed by atoms with E-state index in [-0.39, 0.29) is 36.1 Å². The van der Waals surface area contributed by atoms with E-state index in [1.165, 1.54) is 6.07 Å². The molecule has 0 aliphatic rings. The average Bonchev–Trinajstić information content (AvgIpc) is 2.76. The maximum Gasteiger partial charge on any atom is 0.191 e. The number of halogens is 3. The summed E-state index contributed by atoms with van der Waals surface area (Å²) in [4.78, 5) is 6.68. The fourth-order valence-corrected chi connectivity index (χ4v) is 2.78. The monoisotopic (exact) mass is 562 g/mol. The summed E-state index contributed by atoms with van der Waals surface area (Å²) >= 11 is 0. The van der Waals surface area contributed by atoms with Gasteiger partial charge < -0.3 is 25.0 Å². The Labute approximate surface area is 206 Å². The highest BCUT2D eigenvalue weighted by Crippen LogP contribution is 2.14. The van der Waals surface area contributed by atoms with Crippen molar-refractivity contribution in [2.24, 2.45) is 4.99 Å². The lowest BCUT2D eigenvalue weighted by atomic mass is 10.2. The Morgan fingerprint density at radius 2 is 1.84 bits per heavy atom. The number of nitrogens with one attached hydrogen (secondary N) is 2. The Balaban J connectivity index is 0.00000512. The second-order valence-corrected chi connectivity index (χ2v) is 7.08. The number of benzene rings is 2. The molecule has 0 aliphatic carbocycles. The van der Waals surface area contributed by atoms with Gasteiger partial charge in [0, 0.05) is 38.9 Å². The minimum Gasteiger partial charge on any atom is -0.492 e. The highest BCUT2D eigenvalue weighted by molar-refractivity contribution is 14.0. The van der Waals surface area contributed by atoms with Gasteiger partial charge in [-0.05, 0) is 49.9 Å². The molecular weight excluding hydrogens is 529 g/mol. The predicted molar refractivity (Wildman–Crippen MR) is 135 cm³/mol. The summed E-state index contributed by atoms with van der Waals surface area (Å²) in [5, 5.41) is 6.15. The van der Waals surface area contributed by atoms with Crippen LogP contribution in [0, 0.1) is 11.6 Å². The van der Waals surface area contributed by atoms with Crippen molar-refractivity contribution in [1.29, 1.82) is 0 Å². The Morgan fingerprint density at radius 1 is 1.06 bits per heavy atom. The molecule has 2 aromatic carbocycles. The van der Waals surface area contributed by atoms with Crippen molar-refractivity contribution >= 4 is 29.9 Å². The molecule has 0 amide bonds. The number of ether oxygens (including phenoxy) is 2. The van der Waals surface area contributed by atoms with Crippen molar-refractivity contribution in [1.82, 2.24) is 15.5 Å². The third-order valence-electron chi connectivity index (χ3n) is 4.54. The topological polar surface area (TPSA) is 58.1 Å². The Kier molecular flexibility index (Phi) is 13.8. The van der Waals surface area contributed by atoms with Gasteiger partial charge in [-0.3, -0.25) is 0 Å². The van der Waals surface area contributed by atoms with Crippen molar-refractivity contribution in [3.63, 3.8) is 0 Å². The molecule has 0 radical (unpaired) electrons. The molecule has 0 spiro atoms. The lowest BCUT2D eigenvalue weighted by Crippen LogP contribution is -2.37. The van der Waals surface area contributed by atoms with Crippen LogP contribution in [0.15, 0.2) is 47.5 Å². The van der Waals surface area contributed by atoms with E-state index in [9.17, 15) is 8.78 Å². The first-order valence-electron chi connectivity index (χ1n) is 10.4. The van der Waals surface area contributed by atoms with Crippen molar-refractivity contribution in [2.75, 3.05) is 47.0 Å². The van der Waals surface area contributed by atoms with Crippen LogP contribution in [0.3, 0.4) is 0 Å². The van der Waals surface area contributed by atoms with Crippen LogP contribution >= 0.6 is 24.0 Å². The lowest BCUT2D eigenvalue weighted by molar-refractivity contribution is 0.150. The molecule has 0 saturated carbocycles. The molecule has 0 aliphatic heterocycles. The molecule has 9 heteroatoms. The third kappa shape index (κ3) is 10.6. The molecule has 6 nitrogen and oxygen atoms in total. The molecule has 0 bridgehead atoms. The minimum absolute atomic E-state index is 0. The molecule has 0 atom stereocenters.